The summed E-state index contributed by atoms with van der Waals surface area (Å²) in [5, 5.41) is 9.79. The zero-order valence-electron chi connectivity index (χ0n) is 8.72. The van der Waals surface area contributed by atoms with Crippen molar-refractivity contribution in [2.75, 3.05) is 5.32 Å². The molecule has 0 aliphatic carbocycles. The number of nitrogens with zero attached hydrogens (tertiary/aromatic N) is 1. The average Bonchev–Trinajstić information content (AvgIpc) is 2.64. The maximum atomic E-state index is 13.5. The lowest BCUT2D eigenvalue weighted by Crippen LogP contribution is -2.02. The Morgan fingerprint density at radius 2 is 2.31 bits per heavy atom. The second kappa shape index (κ2) is 4.65. The van der Waals surface area contributed by atoms with Gasteiger partial charge in [0.25, 0.3) is 0 Å². The summed E-state index contributed by atoms with van der Waals surface area (Å²) in [5.41, 5.74) is 2.48. The monoisotopic (exact) mass is 283 g/mol. The minimum atomic E-state index is -0.268. The van der Waals surface area contributed by atoms with E-state index in [1.54, 1.807) is 18.3 Å². The maximum absolute atomic E-state index is 13.5. The number of halogens is 2. The third-order valence-corrected chi connectivity index (χ3v) is 3.01. The van der Waals surface area contributed by atoms with Crippen molar-refractivity contribution in [3.8, 4) is 0 Å². The molecule has 1 heterocycles. The van der Waals surface area contributed by atoms with Crippen LogP contribution in [0.2, 0.25) is 0 Å². The third kappa shape index (κ3) is 2.24. The molecule has 0 fully saturated rings. The molecule has 5 heteroatoms. The first-order valence-electron chi connectivity index (χ1n) is 4.85. The summed E-state index contributed by atoms with van der Waals surface area (Å²) in [4.78, 5) is 0. The molecule has 2 aromatic rings. The Balaban J connectivity index is 2.14. The van der Waals surface area contributed by atoms with Gasteiger partial charge < -0.3 is 5.32 Å². The molecule has 2 N–H and O–H groups in total. The molecule has 0 saturated carbocycles. The Morgan fingerprint density at radius 1 is 1.50 bits per heavy atom. The number of nitrogens with one attached hydrogen (secondary N) is 2. The van der Waals surface area contributed by atoms with E-state index in [0.717, 1.165) is 11.3 Å². The van der Waals surface area contributed by atoms with E-state index in [1.165, 1.54) is 6.07 Å². The molecule has 0 radical (unpaired) electrons. The van der Waals surface area contributed by atoms with Crippen LogP contribution >= 0.6 is 15.9 Å². The Labute approximate surface area is 101 Å². The highest BCUT2D eigenvalue weighted by atomic mass is 79.9. The number of aromatic amines is 1. The van der Waals surface area contributed by atoms with Gasteiger partial charge in [-0.3, -0.25) is 5.10 Å². The SMILES string of the molecule is Cc1[nH]ncc1CNc1c(F)cccc1Br. The van der Waals surface area contributed by atoms with Crippen LogP contribution in [0.15, 0.2) is 28.9 Å². The van der Waals surface area contributed by atoms with E-state index in [9.17, 15) is 4.39 Å². The molecule has 1 aromatic carbocycles. The van der Waals surface area contributed by atoms with E-state index in [0.29, 0.717) is 16.7 Å². The molecule has 0 spiro atoms. The van der Waals surface area contributed by atoms with Crippen molar-refractivity contribution in [3.05, 3.63) is 45.9 Å². The van der Waals surface area contributed by atoms with E-state index in [-0.39, 0.29) is 5.82 Å². The van der Waals surface area contributed by atoms with Crippen LogP contribution in [0.5, 0.6) is 0 Å². The number of para-hydroxylation sites is 1. The predicted octanol–water partition coefficient (Wildman–Crippen LogP) is 3.23. The van der Waals surface area contributed by atoms with E-state index in [4.69, 9.17) is 0 Å². The van der Waals surface area contributed by atoms with Crippen LogP contribution in [0, 0.1) is 12.7 Å². The number of aryl methyl sites for hydroxylation is 1. The highest BCUT2D eigenvalue weighted by Crippen LogP contribution is 2.25. The van der Waals surface area contributed by atoms with E-state index in [1.807, 2.05) is 6.92 Å². The lowest BCUT2D eigenvalue weighted by Gasteiger charge is -2.08. The second-order valence-electron chi connectivity index (χ2n) is 3.47. The van der Waals surface area contributed by atoms with Gasteiger partial charge in [0.15, 0.2) is 0 Å². The molecule has 1 aromatic heterocycles. The van der Waals surface area contributed by atoms with E-state index < -0.39 is 0 Å². The van der Waals surface area contributed by atoms with Gasteiger partial charge in [-0.2, -0.15) is 5.10 Å². The summed E-state index contributed by atoms with van der Waals surface area (Å²) in [5.74, 6) is -0.268. The quantitative estimate of drug-likeness (QED) is 0.908. The Hall–Kier alpha value is -1.36. The standard InChI is InChI=1S/C11H11BrFN3/c1-7-8(6-15-16-7)5-14-11-9(12)3-2-4-10(11)13/h2-4,6,14H,5H2,1H3,(H,15,16). The molecule has 16 heavy (non-hydrogen) atoms. The molecular weight excluding hydrogens is 273 g/mol. The van der Waals surface area contributed by atoms with Gasteiger partial charge in [0.2, 0.25) is 0 Å². The molecule has 0 saturated heterocycles. The molecule has 0 unspecified atom stereocenters. The average molecular weight is 284 g/mol. The first kappa shape index (κ1) is 11.1. The van der Waals surface area contributed by atoms with Crippen molar-refractivity contribution in [3.63, 3.8) is 0 Å². The number of anilines is 1. The van der Waals surface area contributed by atoms with Crippen LogP contribution in [-0.4, -0.2) is 10.2 Å². The molecule has 84 valence electrons. The smallest absolute Gasteiger partial charge is 0.147 e. The Bertz CT molecular complexity index is 475. The largest absolute Gasteiger partial charge is 0.378 e. The number of rotatable bonds is 3. The van der Waals surface area contributed by atoms with Crippen LogP contribution in [0.3, 0.4) is 0 Å². The van der Waals surface area contributed by atoms with Crippen molar-refractivity contribution in [1.29, 1.82) is 0 Å². The number of hydrogen-bond acceptors (Lipinski definition) is 2. The molecule has 3 nitrogen and oxygen atoms in total. The first-order chi connectivity index (χ1) is 7.68. The van der Waals surface area contributed by atoms with Crippen LogP contribution in [-0.2, 0) is 6.54 Å². The van der Waals surface area contributed by atoms with Crippen molar-refractivity contribution >= 4 is 21.6 Å². The molecular formula is C11H11BrFN3. The molecule has 0 atom stereocenters. The zero-order valence-corrected chi connectivity index (χ0v) is 10.3. The van der Waals surface area contributed by atoms with Crippen molar-refractivity contribution in [2.45, 2.75) is 13.5 Å². The number of H-pyrrole nitrogens is 1. The molecule has 2 rings (SSSR count). The van der Waals surface area contributed by atoms with Crippen LogP contribution < -0.4 is 5.32 Å². The highest BCUT2D eigenvalue weighted by Gasteiger charge is 2.07. The van der Waals surface area contributed by atoms with Gasteiger partial charge in [-0.1, -0.05) is 6.07 Å². The second-order valence-corrected chi connectivity index (χ2v) is 4.32. The lowest BCUT2D eigenvalue weighted by atomic mass is 10.2. The minimum Gasteiger partial charge on any atom is -0.378 e. The summed E-state index contributed by atoms with van der Waals surface area (Å²) in [6, 6.07) is 4.89. The number of hydrogen-bond donors (Lipinski definition) is 2. The fraction of sp³-hybridized carbons (Fsp3) is 0.182. The summed E-state index contributed by atoms with van der Waals surface area (Å²) >= 11 is 3.30. The third-order valence-electron chi connectivity index (χ3n) is 2.35. The van der Waals surface area contributed by atoms with Gasteiger partial charge in [0, 0.05) is 22.3 Å². The normalized spacial score (nSPS) is 10.4. The lowest BCUT2D eigenvalue weighted by molar-refractivity contribution is 0.629. The molecule has 0 aliphatic rings. The van der Waals surface area contributed by atoms with Gasteiger partial charge in [-0.15, -0.1) is 0 Å². The van der Waals surface area contributed by atoms with Gasteiger partial charge in [0.05, 0.1) is 11.9 Å². The van der Waals surface area contributed by atoms with Gasteiger partial charge in [-0.25, -0.2) is 4.39 Å². The van der Waals surface area contributed by atoms with Gasteiger partial charge >= 0.3 is 0 Å². The van der Waals surface area contributed by atoms with E-state index in [2.05, 4.69) is 31.4 Å². The fourth-order valence-electron chi connectivity index (χ4n) is 1.40. The van der Waals surface area contributed by atoms with E-state index >= 15 is 0 Å². The zero-order chi connectivity index (χ0) is 11.5. The summed E-state index contributed by atoms with van der Waals surface area (Å²) in [7, 11) is 0. The number of benzene rings is 1. The van der Waals surface area contributed by atoms with Crippen molar-refractivity contribution < 1.29 is 4.39 Å². The van der Waals surface area contributed by atoms with Gasteiger partial charge in [-0.05, 0) is 35.0 Å². The first-order valence-corrected chi connectivity index (χ1v) is 5.64. The van der Waals surface area contributed by atoms with Crippen LogP contribution in [0.4, 0.5) is 10.1 Å². The Kier molecular flexibility index (Phi) is 3.24. The summed E-state index contributed by atoms with van der Waals surface area (Å²) in [6.45, 7) is 2.47. The fourth-order valence-corrected chi connectivity index (χ4v) is 1.89. The number of aromatic nitrogens is 2. The summed E-state index contributed by atoms with van der Waals surface area (Å²) in [6.07, 6.45) is 1.73. The summed E-state index contributed by atoms with van der Waals surface area (Å²) < 4.78 is 14.2. The topological polar surface area (TPSA) is 40.7 Å². The van der Waals surface area contributed by atoms with Crippen molar-refractivity contribution in [2.24, 2.45) is 0 Å². The Morgan fingerprint density at radius 3 is 2.94 bits per heavy atom. The highest BCUT2D eigenvalue weighted by molar-refractivity contribution is 9.10. The molecule has 0 aliphatic heterocycles. The van der Waals surface area contributed by atoms with Crippen LogP contribution in [0.1, 0.15) is 11.3 Å². The predicted molar refractivity (Wildman–Crippen MR) is 64.8 cm³/mol. The maximum Gasteiger partial charge on any atom is 0.147 e. The van der Waals surface area contributed by atoms with Gasteiger partial charge in [0.1, 0.15) is 5.82 Å². The molecule has 0 amide bonds. The molecule has 0 bridgehead atoms. The van der Waals surface area contributed by atoms with Crippen molar-refractivity contribution in [1.82, 2.24) is 10.2 Å². The minimum absolute atomic E-state index is 0.268. The van der Waals surface area contributed by atoms with Crippen LogP contribution in [0.25, 0.3) is 0 Å².